The smallest absolute Gasteiger partial charge is 0.326 e. The van der Waals surface area contributed by atoms with Gasteiger partial charge in [-0.15, -0.1) is 0 Å². The van der Waals surface area contributed by atoms with E-state index in [4.69, 9.17) is 22.9 Å². The average molecular weight is 492 g/mol. The van der Waals surface area contributed by atoms with Crippen LogP contribution in [-0.2, 0) is 24.0 Å². The lowest BCUT2D eigenvalue weighted by Gasteiger charge is -2.24. The van der Waals surface area contributed by atoms with Crippen molar-refractivity contribution in [3.8, 4) is 0 Å². The second-order valence-electron chi connectivity index (χ2n) is 7.55. The fourth-order valence-electron chi connectivity index (χ4n) is 2.83. The van der Waals surface area contributed by atoms with Crippen LogP contribution in [-0.4, -0.2) is 77.7 Å². The zero-order chi connectivity index (χ0) is 25.4. The Morgan fingerprint density at radius 1 is 0.758 bits per heavy atom. The summed E-state index contributed by atoms with van der Waals surface area (Å²) in [5, 5.41) is 16.6. The zero-order valence-electron chi connectivity index (χ0n) is 18.6. The van der Waals surface area contributed by atoms with Gasteiger partial charge in [-0.05, 0) is 51.6 Å². The molecule has 0 heterocycles. The molecule has 0 saturated carbocycles. The third kappa shape index (κ3) is 13.0. The molecular weight excluding hydrogens is 454 g/mol. The molecule has 33 heavy (non-hydrogen) atoms. The van der Waals surface area contributed by atoms with Gasteiger partial charge in [-0.25, -0.2) is 4.79 Å². The van der Waals surface area contributed by atoms with Crippen LogP contribution >= 0.6 is 12.6 Å². The van der Waals surface area contributed by atoms with Crippen LogP contribution in [0.15, 0.2) is 0 Å². The van der Waals surface area contributed by atoms with Crippen LogP contribution in [0.5, 0.6) is 0 Å². The van der Waals surface area contributed by atoms with Crippen molar-refractivity contribution in [1.82, 2.24) is 16.0 Å². The van der Waals surface area contributed by atoms with E-state index in [1.807, 2.05) is 0 Å². The SMILES string of the molecule is NCCCCC(NC(=O)C(CCCCN)NC(=O)C(CC(N)=O)NC(=O)C(N)CS)C(=O)O. The van der Waals surface area contributed by atoms with Gasteiger partial charge in [0.15, 0.2) is 0 Å². The van der Waals surface area contributed by atoms with Gasteiger partial charge in [-0.3, -0.25) is 19.2 Å². The Bertz CT molecular complexity index is 667. The minimum atomic E-state index is -1.37. The highest BCUT2D eigenvalue weighted by Gasteiger charge is 2.30. The van der Waals surface area contributed by atoms with Gasteiger partial charge in [-0.2, -0.15) is 12.6 Å². The van der Waals surface area contributed by atoms with Gasteiger partial charge < -0.3 is 44.0 Å². The molecule has 0 rings (SSSR count). The third-order valence-corrected chi connectivity index (χ3v) is 5.11. The number of carbonyl (C=O) groups excluding carboxylic acids is 4. The highest BCUT2D eigenvalue weighted by atomic mass is 32.1. The number of carbonyl (C=O) groups is 5. The summed E-state index contributed by atoms with van der Waals surface area (Å²) in [5.74, 6) is -4.34. The quantitative estimate of drug-likeness (QED) is 0.0695. The molecule has 12 N–H and O–H groups in total. The van der Waals surface area contributed by atoms with Crippen LogP contribution in [0, 0.1) is 0 Å². The van der Waals surface area contributed by atoms with Crippen molar-refractivity contribution in [2.75, 3.05) is 18.8 Å². The maximum Gasteiger partial charge on any atom is 0.326 e. The third-order valence-electron chi connectivity index (χ3n) is 4.71. The normalized spacial score (nSPS) is 14.4. The van der Waals surface area contributed by atoms with Crippen molar-refractivity contribution in [3.05, 3.63) is 0 Å². The highest BCUT2D eigenvalue weighted by molar-refractivity contribution is 7.80. The van der Waals surface area contributed by atoms with E-state index < -0.39 is 60.2 Å². The molecule has 4 amide bonds. The number of thiol groups is 1. The van der Waals surface area contributed by atoms with Crippen LogP contribution in [0.1, 0.15) is 44.9 Å². The van der Waals surface area contributed by atoms with Crippen molar-refractivity contribution in [2.24, 2.45) is 22.9 Å². The van der Waals surface area contributed by atoms with E-state index in [1.54, 1.807) is 0 Å². The predicted octanol–water partition coefficient (Wildman–Crippen LogP) is -3.08. The number of nitrogens with one attached hydrogen (secondary N) is 3. The number of nitrogens with two attached hydrogens (primary N) is 4. The first-order chi connectivity index (χ1) is 15.6. The van der Waals surface area contributed by atoms with Crippen molar-refractivity contribution in [3.63, 3.8) is 0 Å². The summed E-state index contributed by atoms with van der Waals surface area (Å²) in [6.07, 6.45) is 1.94. The molecule has 0 aromatic heterocycles. The first-order valence-corrected chi connectivity index (χ1v) is 11.4. The molecule has 4 atom stereocenters. The monoisotopic (exact) mass is 491 g/mol. The van der Waals surface area contributed by atoms with Crippen molar-refractivity contribution >= 4 is 42.2 Å². The van der Waals surface area contributed by atoms with Crippen molar-refractivity contribution in [2.45, 2.75) is 69.1 Å². The van der Waals surface area contributed by atoms with Crippen LogP contribution in [0.4, 0.5) is 0 Å². The molecule has 0 aromatic rings. The van der Waals surface area contributed by atoms with Crippen LogP contribution in [0.25, 0.3) is 0 Å². The van der Waals surface area contributed by atoms with Crippen molar-refractivity contribution < 1.29 is 29.1 Å². The second kappa shape index (κ2) is 17.1. The largest absolute Gasteiger partial charge is 0.480 e. The molecule has 13 nitrogen and oxygen atoms in total. The minimum absolute atomic E-state index is 0.00158. The van der Waals surface area contributed by atoms with Gasteiger partial charge in [0.2, 0.25) is 23.6 Å². The summed E-state index contributed by atoms with van der Waals surface area (Å²) >= 11 is 3.91. The Kier molecular flexibility index (Phi) is 15.9. The topological polar surface area (TPSA) is 246 Å². The molecule has 0 bridgehead atoms. The number of rotatable bonds is 18. The van der Waals surface area contributed by atoms with Gasteiger partial charge in [0.05, 0.1) is 12.5 Å². The summed E-state index contributed by atoms with van der Waals surface area (Å²) in [6.45, 7) is 0.753. The Morgan fingerprint density at radius 2 is 1.21 bits per heavy atom. The summed E-state index contributed by atoms with van der Waals surface area (Å²) in [4.78, 5) is 60.5. The van der Waals surface area contributed by atoms with Crippen LogP contribution < -0.4 is 38.9 Å². The van der Waals surface area contributed by atoms with E-state index in [1.165, 1.54) is 0 Å². The van der Waals surface area contributed by atoms with E-state index in [0.29, 0.717) is 38.8 Å². The number of aliphatic carboxylic acids is 1. The fraction of sp³-hybridized carbons (Fsp3) is 0.737. The Morgan fingerprint density at radius 3 is 1.67 bits per heavy atom. The number of primary amides is 1. The molecule has 0 aliphatic carbocycles. The number of carboxylic acids is 1. The molecule has 0 radical (unpaired) electrons. The maximum atomic E-state index is 12.8. The molecule has 0 aliphatic rings. The maximum absolute atomic E-state index is 12.8. The van der Waals surface area contributed by atoms with E-state index in [2.05, 4.69) is 28.6 Å². The Balaban J connectivity index is 5.43. The fourth-order valence-corrected chi connectivity index (χ4v) is 2.99. The molecule has 4 unspecified atom stereocenters. The van der Waals surface area contributed by atoms with E-state index in [0.717, 1.165) is 0 Å². The predicted molar refractivity (Wildman–Crippen MR) is 125 cm³/mol. The summed E-state index contributed by atoms with van der Waals surface area (Å²) in [7, 11) is 0. The van der Waals surface area contributed by atoms with Crippen LogP contribution in [0.3, 0.4) is 0 Å². The number of carboxylic acid groups (broad SMARTS) is 1. The summed E-state index contributed by atoms with van der Waals surface area (Å²) in [6, 6.07) is -4.67. The second-order valence-corrected chi connectivity index (χ2v) is 7.92. The number of hydrogen-bond acceptors (Lipinski definition) is 9. The molecule has 0 saturated heterocycles. The molecule has 190 valence electrons. The number of unbranched alkanes of at least 4 members (excludes halogenated alkanes) is 2. The highest BCUT2D eigenvalue weighted by Crippen LogP contribution is 2.06. The lowest BCUT2D eigenvalue weighted by molar-refractivity contribution is -0.142. The standard InChI is InChI=1S/C19H37N7O6S/c20-7-3-1-5-12(17(29)25-13(19(31)32)6-2-4-8-21)24-18(30)14(9-15(23)27)26-16(28)11(22)10-33/h11-14,33H,1-10,20-22H2,(H2,23,27)(H,24,30)(H,25,29)(H,26,28)(H,31,32). The molecular formula is C19H37N7O6S. The Hall–Kier alpha value is -2.42. The minimum Gasteiger partial charge on any atom is -0.480 e. The summed E-state index contributed by atoms with van der Waals surface area (Å²) < 4.78 is 0. The van der Waals surface area contributed by atoms with Crippen molar-refractivity contribution in [1.29, 1.82) is 0 Å². The van der Waals surface area contributed by atoms with E-state index in [9.17, 15) is 29.1 Å². The lowest BCUT2D eigenvalue weighted by atomic mass is 10.0. The molecule has 0 spiro atoms. The zero-order valence-corrected chi connectivity index (χ0v) is 19.5. The molecule has 0 fully saturated rings. The molecule has 0 aliphatic heterocycles. The Labute approximate surface area is 198 Å². The first-order valence-electron chi connectivity index (χ1n) is 10.8. The van der Waals surface area contributed by atoms with Crippen LogP contribution in [0.2, 0.25) is 0 Å². The van der Waals surface area contributed by atoms with Gasteiger partial charge in [0.1, 0.15) is 18.1 Å². The average Bonchev–Trinajstić information content (AvgIpc) is 2.76. The van der Waals surface area contributed by atoms with Gasteiger partial charge in [0, 0.05) is 5.75 Å². The lowest BCUT2D eigenvalue weighted by Crippen LogP contribution is -2.57. The van der Waals surface area contributed by atoms with Gasteiger partial charge >= 0.3 is 5.97 Å². The van der Waals surface area contributed by atoms with Gasteiger partial charge in [-0.1, -0.05) is 0 Å². The molecule has 0 aromatic carbocycles. The van der Waals surface area contributed by atoms with E-state index in [-0.39, 0.29) is 18.6 Å². The van der Waals surface area contributed by atoms with Gasteiger partial charge in [0.25, 0.3) is 0 Å². The number of hydrogen-bond donors (Lipinski definition) is 9. The summed E-state index contributed by atoms with van der Waals surface area (Å²) in [5.41, 5.74) is 21.7. The van der Waals surface area contributed by atoms with E-state index >= 15 is 0 Å². The first kappa shape index (κ1) is 30.6. The number of amides is 4. The molecule has 14 heteroatoms.